The van der Waals surface area contributed by atoms with Gasteiger partial charge in [0.2, 0.25) is 10.0 Å². The fourth-order valence-corrected chi connectivity index (χ4v) is 2.07. The third-order valence-electron chi connectivity index (χ3n) is 1.49. The van der Waals surface area contributed by atoms with Crippen molar-refractivity contribution in [1.82, 2.24) is 9.71 Å². The number of hydrogen-bond acceptors (Lipinski definition) is 4. The van der Waals surface area contributed by atoms with Gasteiger partial charge in [0.15, 0.2) is 0 Å². The van der Waals surface area contributed by atoms with Crippen LogP contribution in [0.2, 0.25) is 10.2 Å². The molecule has 0 aliphatic carbocycles. The van der Waals surface area contributed by atoms with Crippen molar-refractivity contribution in [2.75, 3.05) is 6.54 Å². The molecule has 1 rings (SSSR count). The maximum absolute atomic E-state index is 11.5. The number of halogens is 2. The second-order valence-electron chi connectivity index (χ2n) is 2.66. The molecule has 0 radical (unpaired) electrons. The molecule has 0 aliphatic rings. The molecule has 16 heavy (non-hydrogen) atoms. The maximum Gasteiger partial charge on any atom is 0.318 e. The second kappa shape index (κ2) is 4.96. The number of carboxylic acids is 1. The van der Waals surface area contributed by atoms with Crippen LogP contribution >= 0.6 is 23.2 Å². The van der Waals surface area contributed by atoms with Gasteiger partial charge in [-0.15, -0.1) is 0 Å². The van der Waals surface area contributed by atoms with Crippen LogP contribution in [0.15, 0.2) is 17.2 Å². The minimum Gasteiger partial charge on any atom is -0.480 e. The number of aromatic nitrogens is 1. The van der Waals surface area contributed by atoms with Gasteiger partial charge in [0.05, 0.1) is 5.02 Å². The number of sulfonamides is 1. The lowest BCUT2D eigenvalue weighted by atomic mass is 10.5. The fourth-order valence-electron chi connectivity index (χ4n) is 0.791. The van der Waals surface area contributed by atoms with Crippen molar-refractivity contribution in [2.45, 2.75) is 4.90 Å². The summed E-state index contributed by atoms with van der Waals surface area (Å²) in [5.74, 6) is -1.29. The molecule has 88 valence electrons. The van der Waals surface area contributed by atoms with Crippen LogP contribution in [0.25, 0.3) is 0 Å². The van der Waals surface area contributed by atoms with E-state index in [0.29, 0.717) is 0 Å². The lowest BCUT2D eigenvalue weighted by molar-refractivity contribution is -0.135. The van der Waals surface area contributed by atoms with Gasteiger partial charge in [0.25, 0.3) is 0 Å². The standard InChI is InChI=1S/C7H6Cl2N2O4S/c8-5-1-4(2-10-7(5)9)16(14,15)11-3-6(12)13/h1-2,11H,3H2,(H,12,13). The Bertz CT molecular complexity index is 517. The summed E-state index contributed by atoms with van der Waals surface area (Å²) in [5.41, 5.74) is 0. The average Bonchev–Trinajstić information content (AvgIpc) is 2.19. The third-order valence-corrected chi connectivity index (χ3v) is 3.55. The molecule has 1 aromatic rings. The summed E-state index contributed by atoms with van der Waals surface area (Å²) in [6.07, 6.45) is 0.985. The molecule has 0 aromatic carbocycles. The topological polar surface area (TPSA) is 96.4 Å². The Balaban J connectivity index is 2.99. The Morgan fingerprint density at radius 1 is 1.50 bits per heavy atom. The molecule has 0 fully saturated rings. The Morgan fingerprint density at radius 2 is 2.12 bits per heavy atom. The summed E-state index contributed by atoms with van der Waals surface area (Å²) < 4.78 is 24.8. The number of carbonyl (C=O) groups is 1. The molecular weight excluding hydrogens is 279 g/mol. The van der Waals surface area contributed by atoms with E-state index in [2.05, 4.69) is 4.98 Å². The third kappa shape index (κ3) is 3.31. The molecule has 0 saturated heterocycles. The molecule has 2 N–H and O–H groups in total. The summed E-state index contributed by atoms with van der Waals surface area (Å²) in [6.45, 7) is -0.720. The summed E-state index contributed by atoms with van der Waals surface area (Å²) >= 11 is 11.1. The highest BCUT2D eigenvalue weighted by molar-refractivity contribution is 7.89. The minimum absolute atomic E-state index is 0.0279. The molecule has 0 aliphatic heterocycles. The average molecular weight is 285 g/mol. The van der Waals surface area contributed by atoms with Crippen molar-refractivity contribution in [2.24, 2.45) is 0 Å². The van der Waals surface area contributed by atoms with Crippen molar-refractivity contribution >= 4 is 39.2 Å². The first-order valence-corrected chi connectivity index (χ1v) is 6.09. The maximum atomic E-state index is 11.5. The Hall–Kier alpha value is -0.890. The number of aliphatic carboxylic acids is 1. The van der Waals surface area contributed by atoms with E-state index in [-0.39, 0.29) is 15.1 Å². The van der Waals surface area contributed by atoms with Crippen LogP contribution in [0.1, 0.15) is 0 Å². The van der Waals surface area contributed by atoms with Gasteiger partial charge in [-0.25, -0.2) is 13.4 Å². The lowest BCUT2D eigenvalue weighted by Gasteiger charge is -2.04. The molecule has 0 spiro atoms. The van der Waals surface area contributed by atoms with E-state index in [4.69, 9.17) is 28.3 Å². The van der Waals surface area contributed by atoms with Crippen LogP contribution in [0.4, 0.5) is 0 Å². The summed E-state index contributed by atoms with van der Waals surface area (Å²) in [5, 5.41) is 8.28. The van der Waals surface area contributed by atoms with Gasteiger partial charge in [-0.3, -0.25) is 4.79 Å². The van der Waals surface area contributed by atoms with E-state index >= 15 is 0 Å². The largest absolute Gasteiger partial charge is 0.480 e. The first-order chi connectivity index (χ1) is 7.33. The van der Waals surface area contributed by atoms with Crippen molar-refractivity contribution in [1.29, 1.82) is 0 Å². The fraction of sp³-hybridized carbons (Fsp3) is 0.143. The zero-order valence-corrected chi connectivity index (χ0v) is 9.97. The van der Waals surface area contributed by atoms with Crippen LogP contribution in [-0.2, 0) is 14.8 Å². The normalized spacial score (nSPS) is 11.4. The SMILES string of the molecule is O=C(O)CNS(=O)(=O)c1cnc(Cl)c(Cl)c1. The predicted octanol–water partition coefficient (Wildman–Crippen LogP) is 0.751. The smallest absolute Gasteiger partial charge is 0.318 e. The molecule has 0 unspecified atom stereocenters. The van der Waals surface area contributed by atoms with Gasteiger partial charge in [-0.2, -0.15) is 4.72 Å². The highest BCUT2D eigenvalue weighted by Crippen LogP contribution is 2.21. The van der Waals surface area contributed by atoms with Crippen LogP contribution in [0.3, 0.4) is 0 Å². The van der Waals surface area contributed by atoms with Crippen molar-refractivity contribution in [3.05, 3.63) is 22.4 Å². The van der Waals surface area contributed by atoms with Crippen molar-refractivity contribution in [3.8, 4) is 0 Å². The van der Waals surface area contributed by atoms with Crippen molar-refractivity contribution in [3.63, 3.8) is 0 Å². The first kappa shape index (κ1) is 13.2. The molecule has 0 atom stereocenters. The van der Waals surface area contributed by atoms with E-state index in [1.54, 1.807) is 0 Å². The van der Waals surface area contributed by atoms with Crippen LogP contribution in [0.5, 0.6) is 0 Å². The number of pyridine rings is 1. The highest BCUT2D eigenvalue weighted by atomic mass is 35.5. The van der Waals surface area contributed by atoms with Crippen LogP contribution < -0.4 is 4.72 Å². The monoisotopic (exact) mass is 284 g/mol. The van der Waals surface area contributed by atoms with E-state index in [9.17, 15) is 13.2 Å². The van der Waals surface area contributed by atoms with Gasteiger partial charge in [0.1, 0.15) is 16.6 Å². The van der Waals surface area contributed by atoms with E-state index < -0.39 is 22.5 Å². The van der Waals surface area contributed by atoms with Crippen LogP contribution in [-0.4, -0.2) is 31.0 Å². The Morgan fingerprint density at radius 3 is 2.62 bits per heavy atom. The molecule has 1 heterocycles. The quantitative estimate of drug-likeness (QED) is 0.796. The lowest BCUT2D eigenvalue weighted by Crippen LogP contribution is -2.29. The molecule has 0 amide bonds. The molecule has 0 bridgehead atoms. The first-order valence-electron chi connectivity index (χ1n) is 3.85. The minimum atomic E-state index is -3.93. The Labute approximate surface area is 101 Å². The molecular formula is C7H6Cl2N2O4S. The number of nitrogens with one attached hydrogen (secondary N) is 1. The van der Waals surface area contributed by atoms with Crippen molar-refractivity contribution < 1.29 is 18.3 Å². The predicted molar refractivity (Wildman–Crippen MR) is 57.1 cm³/mol. The van der Waals surface area contributed by atoms with Crippen LogP contribution in [0, 0.1) is 0 Å². The van der Waals surface area contributed by atoms with Gasteiger partial charge in [-0.05, 0) is 6.07 Å². The molecule has 6 nitrogen and oxygen atoms in total. The highest BCUT2D eigenvalue weighted by Gasteiger charge is 2.17. The summed E-state index contributed by atoms with van der Waals surface area (Å²) in [4.78, 5) is 13.5. The number of hydrogen-bond donors (Lipinski definition) is 2. The number of rotatable bonds is 4. The molecule has 0 saturated carbocycles. The summed E-state index contributed by atoms with van der Waals surface area (Å²) in [7, 11) is -3.93. The molecule has 1 aromatic heterocycles. The van der Waals surface area contributed by atoms with Gasteiger partial charge >= 0.3 is 5.97 Å². The van der Waals surface area contributed by atoms with E-state index in [1.807, 2.05) is 4.72 Å². The van der Waals surface area contributed by atoms with E-state index in [0.717, 1.165) is 12.3 Å². The van der Waals surface area contributed by atoms with Gasteiger partial charge in [0, 0.05) is 6.20 Å². The second-order valence-corrected chi connectivity index (χ2v) is 5.19. The zero-order chi connectivity index (χ0) is 12.3. The zero-order valence-electron chi connectivity index (χ0n) is 7.65. The van der Waals surface area contributed by atoms with Gasteiger partial charge in [-0.1, -0.05) is 23.2 Å². The van der Waals surface area contributed by atoms with E-state index in [1.165, 1.54) is 0 Å². The number of carboxylic acid groups (broad SMARTS) is 1. The number of nitrogens with zero attached hydrogens (tertiary/aromatic N) is 1. The Kier molecular flexibility index (Phi) is 4.09. The summed E-state index contributed by atoms with van der Waals surface area (Å²) in [6, 6.07) is 1.08. The molecule has 9 heteroatoms. The van der Waals surface area contributed by atoms with Gasteiger partial charge < -0.3 is 5.11 Å².